The summed E-state index contributed by atoms with van der Waals surface area (Å²) >= 11 is 1.28. The molecule has 1 heterocycles. The summed E-state index contributed by atoms with van der Waals surface area (Å²) < 4.78 is 1.59. The second-order valence-corrected chi connectivity index (χ2v) is 8.91. The number of amides is 1. The fraction of sp³-hybridized carbons (Fsp3) is 0.192. The van der Waals surface area contributed by atoms with Gasteiger partial charge in [-0.15, -0.1) is 0 Å². The number of benzene rings is 3. The SMILES string of the molecule is CCc1cccc(C)c1NC(=O)C(C)Sc1nc2ccccc2c(=O)n1-c1ccccc1. The van der Waals surface area contributed by atoms with Gasteiger partial charge in [-0.25, -0.2) is 4.98 Å². The van der Waals surface area contributed by atoms with Gasteiger partial charge in [-0.2, -0.15) is 0 Å². The zero-order chi connectivity index (χ0) is 22.7. The fourth-order valence-corrected chi connectivity index (χ4v) is 4.56. The lowest BCUT2D eigenvalue weighted by Gasteiger charge is -2.18. The van der Waals surface area contributed by atoms with Crippen molar-refractivity contribution in [2.45, 2.75) is 37.6 Å². The second kappa shape index (κ2) is 9.40. The highest BCUT2D eigenvalue weighted by Crippen LogP contribution is 2.27. The van der Waals surface area contributed by atoms with Crippen molar-refractivity contribution in [1.82, 2.24) is 9.55 Å². The molecule has 0 radical (unpaired) electrons. The number of fused-ring (bicyclic) bond motifs is 1. The number of nitrogens with one attached hydrogen (secondary N) is 1. The lowest BCUT2D eigenvalue weighted by molar-refractivity contribution is -0.115. The molecule has 0 fully saturated rings. The van der Waals surface area contributed by atoms with Crippen molar-refractivity contribution in [3.8, 4) is 5.69 Å². The molecular formula is C26H25N3O2S. The Kier molecular flexibility index (Phi) is 6.42. The molecule has 6 heteroatoms. The van der Waals surface area contributed by atoms with E-state index in [2.05, 4.69) is 12.2 Å². The first-order valence-corrected chi connectivity index (χ1v) is 11.5. The van der Waals surface area contributed by atoms with Crippen molar-refractivity contribution in [1.29, 1.82) is 0 Å². The lowest BCUT2D eigenvalue weighted by atomic mass is 10.1. The summed E-state index contributed by atoms with van der Waals surface area (Å²) in [4.78, 5) is 31.2. The molecule has 1 amide bonds. The van der Waals surface area contributed by atoms with Gasteiger partial charge in [0.1, 0.15) is 0 Å². The van der Waals surface area contributed by atoms with Gasteiger partial charge in [0.15, 0.2) is 5.16 Å². The molecule has 1 aromatic heterocycles. The normalized spacial score (nSPS) is 12.0. The van der Waals surface area contributed by atoms with Crippen LogP contribution in [0.1, 0.15) is 25.0 Å². The van der Waals surface area contributed by atoms with Crippen molar-refractivity contribution < 1.29 is 4.79 Å². The molecule has 5 nitrogen and oxygen atoms in total. The minimum Gasteiger partial charge on any atom is -0.325 e. The predicted molar refractivity (Wildman–Crippen MR) is 132 cm³/mol. The van der Waals surface area contributed by atoms with E-state index in [0.29, 0.717) is 16.1 Å². The molecule has 0 aliphatic heterocycles. The third-order valence-corrected chi connectivity index (χ3v) is 6.45. The summed E-state index contributed by atoms with van der Waals surface area (Å²) in [5.41, 5.74) is 4.17. The summed E-state index contributed by atoms with van der Waals surface area (Å²) in [6, 6.07) is 22.7. The zero-order valence-electron chi connectivity index (χ0n) is 18.3. The van der Waals surface area contributed by atoms with E-state index in [0.717, 1.165) is 28.9 Å². The Labute approximate surface area is 191 Å². The summed E-state index contributed by atoms with van der Waals surface area (Å²) in [6.07, 6.45) is 0.832. The van der Waals surface area contributed by atoms with Crippen LogP contribution >= 0.6 is 11.8 Å². The minimum atomic E-state index is -0.456. The van der Waals surface area contributed by atoms with Gasteiger partial charge in [0.2, 0.25) is 5.91 Å². The van der Waals surface area contributed by atoms with Crippen molar-refractivity contribution in [2.75, 3.05) is 5.32 Å². The Hall–Kier alpha value is -3.38. The van der Waals surface area contributed by atoms with Crippen LogP contribution in [0.5, 0.6) is 0 Å². The van der Waals surface area contributed by atoms with Crippen LogP contribution in [0.2, 0.25) is 0 Å². The molecule has 1 unspecified atom stereocenters. The van der Waals surface area contributed by atoms with Crippen LogP contribution in [0.3, 0.4) is 0 Å². The molecule has 0 aliphatic carbocycles. The quantitative estimate of drug-likeness (QED) is 0.321. The second-order valence-electron chi connectivity index (χ2n) is 7.60. The van der Waals surface area contributed by atoms with Crippen LogP contribution in [0.25, 0.3) is 16.6 Å². The van der Waals surface area contributed by atoms with E-state index in [1.807, 2.05) is 80.6 Å². The molecule has 162 valence electrons. The van der Waals surface area contributed by atoms with Gasteiger partial charge in [-0.05, 0) is 55.7 Å². The molecule has 4 aromatic rings. The first kappa shape index (κ1) is 21.8. The van der Waals surface area contributed by atoms with E-state index >= 15 is 0 Å². The van der Waals surface area contributed by atoms with Crippen LogP contribution in [-0.2, 0) is 11.2 Å². The Morgan fingerprint density at radius 2 is 1.75 bits per heavy atom. The number of aromatic nitrogens is 2. The lowest BCUT2D eigenvalue weighted by Crippen LogP contribution is -2.26. The summed E-state index contributed by atoms with van der Waals surface area (Å²) in [5.74, 6) is -0.124. The third kappa shape index (κ3) is 4.32. The first-order valence-electron chi connectivity index (χ1n) is 10.6. The van der Waals surface area contributed by atoms with Crippen molar-refractivity contribution >= 4 is 34.3 Å². The maximum atomic E-state index is 13.3. The van der Waals surface area contributed by atoms with Crippen LogP contribution in [-0.4, -0.2) is 20.7 Å². The smallest absolute Gasteiger partial charge is 0.266 e. The number of rotatable bonds is 6. The van der Waals surface area contributed by atoms with Gasteiger partial charge in [0.25, 0.3) is 5.56 Å². The van der Waals surface area contributed by atoms with E-state index in [4.69, 9.17) is 4.98 Å². The first-order chi connectivity index (χ1) is 15.5. The summed E-state index contributed by atoms with van der Waals surface area (Å²) in [7, 11) is 0. The van der Waals surface area contributed by atoms with E-state index in [-0.39, 0.29) is 11.5 Å². The molecule has 1 atom stereocenters. The maximum absolute atomic E-state index is 13.3. The van der Waals surface area contributed by atoms with Crippen molar-refractivity contribution in [3.63, 3.8) is 0 Å². The fourth-order valence-electron chi connectivity index (χ4n) is 3.63. The Morgan fingerprint density at radius 1 is 1.03 bits per heavy atom. The third-order valence-electron chi connectivity index (χ3n) is 5.40. The largest absolute Gasteiger partial charge is 0.325 e. The zero-order valence-corrected chi connectivity index (χ0v) is 19.1. The predicted octanol–water partition coefficient (Wildman–Crippen LogP) is 5.38. The Bertz CT molecular complexity index is 1330. The minimum absolute atomic E-state index is 0.124. The molecule has 0 saturated carbocycles. The number of anilines is 1. The standard InChI is InChI=1S/C26H25N3O2S/c1-4-19-12-10-11-17(2)23(19)28-24(30)18(3)32-26-27-22-16-9-8-15-21(22)25(31)29(26)20-13-6-5-7-14-20/h5-16,18H,4H2,1-3H3,(H,28,30). The number of carbonyl (C=O) groups excluding carboxylic acids is 1. The highest BCUT2D eigenvalue weighted by atomic mass is 32.2. The number of para-hydroxylation sites is 3. The average molecular weight is 444 g/mol. The number of hydrogen-bond donors (Lipinski definition) is 1. The maximum Gasteiger partial charge on any atom is 0.266 e. The van der Waals surface area contributed by atoms with Crippen LogP contribution in [0.4, 0.5) is 5.69 Å². The van der Waals surface area contributed by atoms with E-state index in [1.165, 1.54) is 11.8 Å². The van der Waals surface area contributed by atoms with Gasteiger partial charge >= 0.3 is 0 Å². The van der Waals surface area contributed by atoms with Gasteiger partial charge in [0, 0.05) is 5.69 Å². The Balaban J connectivity index is 1.71. The van der Waals surface area contributed by atoms with Crippen LogP contribution in [0.15, 0.2) is 82.7 Å². The molecule has 32 heavy (non-hydrogen) atoms. The van der Waals surface area contributed by atoms with E-state index in [1.54, 1.807) is 10.6 Å². The number of aryl methyl sites for hydroxylation is 2. The highest BCUT2D eigenvalue weighted by molar-refractivity contribution is 8.00. The number of thioether (sulfide) groups is 1. The highest BCUT2D eigenvalue weighted by Gasteiger charge is 2.21. The number of nitrogens with zero attached hydrogens (tertiary/aromatic N) is 2. The van der Waals surface area contributed by atoms with Gasteiger partial charge in [0.05, 0.1) is 21.8 Å². The molecule has 0 aliphatic rings. The topological polar surface area (TPSA) is 64.0 Å². The monoisotopic (exact) mass is 443 g/mol. The molecule has 0 saturated heterocycles. The van der Waals surface area contributed by atoms with Gasteiger partial charge < -0.3 is 5.32 Å². The number of hydrogen-bond acceptors (Lipinski definition) is 4. The van der Waals surface area contributed by atoms with Crippen molar-refractivity contribution in [2.24, 2.45) is 0 Å². The van der Waals surface area contributed by atoms with Gasteiger partial charge in [-0.1, -0.05) is 67.2 Å². The van der Waals surface area contributed by atoms with Crippen LogP contribution < -0.4 is 10.9 Å². The van der Waals surface area contributed by atoms with Crippen molar-refractivity contribution in [3.05, 3.63) is 94.3 Å². The summed E-state index contributed by atoms with van der Waals surface area (Å²) in [5, 5.41) is 3.67. The van der Waals surface area contributed by atoms with E-state index < -0.39 is 5.25 Å². The van der Waals surface area contributed by atoms with Gasteiger partial charge in [-0.3, -0.25) is 14.2 Å². The molecule has 0 spiro atoms. The molecule has 4 rings (SSSR count). The van der Waals surface area contributed by atoms with Crippen LogP contribution in [0, 0.1) is 6.92 Å². The molecule has 1 N–H and O–H groups in total. The average Bonchev–Trinajstić information content (AvgIpc) is 2.81. The molecule has 3 aromatic carbocycles. The van der Waals surface area contributed by atoms with E-state index in [9.17, 15) is 9.59 Å². The summed E-state index contributed by atoms with van der Waals surface area (Å²) in [6.45, 7) is 5.89. The molecular weight excluding hydrogens is 418 g/mol. The molecule has 0 bridgehead atoms. The Morgan fingerprint density at radius 3 is 2.50 bits per heavy atom. The number of carbonyl (C=O) groups is 1.